The molecule has 0 radical (unpaired) electrons. The Balaban J connectivity index is 1.82. The van der Waals surface area contributed by atoms with E-state index < -0.39 is 11.9 Å². The fourth-order valence-corrected chi connectivity index (χ4v) is 2.75. The highest BCUT2D eigenvalue weighted by Crippen LogP contribution is 2.30. The van der Waals surface area contributed by atoms with Gasteiger partial charge >= 0.3 is 0 Å². The van der Waals surface area contributed by atoms with Crippen molar-refractivity contribution < 1.29 is 14.3 Å². The second-order valence-corrected chi connectivity index (χ2v) is 5.98. The summed E-state index contributed by atoms with van der Waals surface area (Å²) in [6, 6.07) is 13.0. The summed E-state index contributed by atoms with van der Waals surface area (Å²) in [7, 11) is 0. The van der Waals surface area contributed by atoms with Crippen molar-refractivity contribution in [1.82, 2.24) is 9.97 Å². The first-order valence-corrected chi connectivity index (χ1v) is 7.79. The second-order valence-electron chi connectivity index (χ2n) is 5.98. The number of carbonyl (C=O) groups excluding carboxylic acids is 1. The normalized spacial score (nSPS) is 11.1. The van der Waals surface area contributed by atoms with Gasteiger partial charge in [-0.25, -0.2) is 9.97 Å². The quantitative estimate of drug-likeness (QED) is 0.580. The largest absolute Gasteiger partial charge is 0.480 e. The van der Waals surface area contributed by atoms with Crippen molar-refractivity contribution in [3.63, 3.8) is 0 Å². The Hall–Kier alpha value is -3.41. The van der Waals surface area contributed by atoms with Crippen molar-refractivity contribution in [2.24, 2.45) is 0 Å². The molecule has 4 aromatic rings. The lowest BCUT2D eigenvalue weighted by molar-refractivity contribution is 0.102. The minimum atomic E-state index is -0.497. The average Bonchev–Trinajstić information content (AvgIpc) is 2.87. The third-order valence-electron chi connectivity index (χ3n) is 3.93. The number of aryl methyl sites for hydroxylation is 2. The average molecular weight is 333 g/mol. The topological polar surface area (TPSA) is 88.2 Å². The molecule has 25 heavy (non-hydrogen) atoms. The van der Waals surface area contributed by atoms with Crippen LogP contribution in [0, 0.1) is 13.8 Å². The Bertz CT molecular complexity index is 1130. The molecule has 0 atom stereocenters. The highest BCUT2D eigenvalue weighted by molar-refractivity contribution is 6.13. The zero-order valence-corrected chi connectivity index (χ0v) is 13.7. The molecular formula is C19H15N3O3. The molecule has 0 fully saturated rings. The number of amides is 1. The van der Waals surface area contributed by atoms with Gasteiger partial charge in [-0.15, -0.1) is 0 Å². The number of hydrogen-bond acceptors (Lipinski definition) is 5. The molecule has 2 heterocycles. The first kappa shape index (κ1) is 15.1. The number of rotatable bonds is 2. The third kappa shape index (κ3) is 2.67. The predicted octanol–water partition coefficient (Wildman–Crippen LogP) is 3.95. The summed E-state index contributed by atoms with van der Waals surface area (Å²) in [5.41, 5.74) is 4.29. The monoisotopic (exact) mass is 333 g/mol. The van der Waals surface area contributed by atoms with Crippen LogP contribution in [-0.2, 0) is 0 Å². The molecule has 0 bridgehead atoms. The Morgan fingerprint density at radius 3 is 2.64 bits per heavy atom. The van der Waals surface area contributed by atoms with Crippen LogP contribution in [-0.4, -0.2) is 21.0 Å². The maximum absolute atomic E-state index is 12.6. The van der Waals surface area contributed by atoms with Gasteiger partial charge in [-0.3, -0.25) is 4.79 Å². The Morgan fingerprint density at radius 2 is 1.84 bits per heavy atom. The molecule has 0 spiro atoms. The fourth-order valence-electron chi connectivity index (χ4n) is 2.75. The van der Waals surface area contributed by atoms with Crippen molar-refractivity contribution in [2.45, 2.75) is 13.8 Å². The number of nitrogens with one attached hydrogen (secondary N) is 1. The van der Waals surface area contributed by atoms with E-state index in [2.05, 4.69) is 15.3 Å². The van der Waals surface area contributed by atoms with Crippen LogP contribution in [0.25, 0.3) is 22.3 Å². The van der Waals surface area contributed by atoms with Gasteiger partial charge in [0.15, 0.2) is 5.56 Å². The molecule has 124 valence electrons. The molecule has 2 aromatic carbocycles. The summed E-state index contributed by atoms with van der Waals surface area (Å²) in [6.45, 7) is 3.88. The lowest BCUT2D eigenvalue weighted by atomic mass is 10.2. The van der Waals surface area contributed by atoms with Crippen LogP contribution in [0.2, 0.25) is 0 Å². The van der Waals surface area contributed by atoms with E-state index in [0.717, 1.165) is 11.1 Å². The molecule has 2 aromatic heterocycles. The number of nitrogens with zero attached hydrogens (tertiary/aromatic N) is 2. The third-order valence-corrected chi connectivity index (χ3v) is 3.93. The maximum atomic E-state index is 12.6. The molecule has 6 heteroatoms. The number of fused-ring (bicyclic) bond motifs is 2. The summed E-state index contributed by atoms with van der Waals surface area (Å²) < 4.78 is 5.24. The van der Waals surface area contributed by atoms with Gasteiger partial charge in [0.2, 0.25) is 0 Å². The first-order chi connectivity index (χ1) is 12.0. The molecule has 0 aliphatic carbocycles. The zero-order valence-electron chi connectivity index (χ0n) is 13.7. The maximum Gasteiger partial charge on any atom is 0.299 e. The molecule has 1 amide bonds. The van der Waals surface area contributed by atoms with Crippen LogP contribution in [0.4, 0.5) is 5.69 Å². The van der Waals surface area contributed by atoms with Crippen molar-refractivity contribution in [2.75, 3.05) is 5.32 Å². The molecule has 0 aliphatic rings. The van der Waals surface area contributed by atoms with Crippen LogP contribution in [0.1, 0.15) is 21.5 Å². The Morgan fingerprint density at radius 1 is 1.04 bits per heavy atom. The van der Waals surface area contributed by atoms with Gasteiger partial charge in [0.25, 0.3) is 17.6 Å². The van der Waals surface area contributed by atoms with E-state index in [1.165, 1.54) is 0 Å². The molecule has 0 saturated carbocycles. The summed E-state index contributed by atoms with van der Waals surface area (Å²) in [5, 5.41) is 12.8. The number of anilines is 1. The van der Waals surface area contributed by atoms with Gasteiger partial charge in [-0.05, 0) is 49.2 Å². The number of benzene rings is 2. The first-order valence-electron chi connectivity index (χ1n) is 7.79. The van der Waals surface area contributed by atoms with E-state index in [0.29, 0.717) is 16.7 Å². The van der Waals surface area contributed by atoms with Crippen molar-refractivity contribution in [1.29, 1.82) is 0 Å². The van der Waals surface area contributed by atoms with Gasteiger partial charge in [0.05, 0.1) is 11.0 Å². The van der Waals surface area contributed by atoms with Gasteiger partial charge in [0, 0.05) is 5.69 Å². The molecule has 0 aliphatic heterocycles. The number of aromatic nitrogens is 2. The van der Waals surface area contributed by atoms with Gasteiger partial charge in [-0.2, -0.15) is 0 Å². The lowest BCUT2D eigenvalue weighted by Gasteiger charge is -2.05. The number of hydrogen-bond donors (Lipinski definition) is 2. The molecule has 6 nitrogen and oxygen atoms in total. The summed E-state index contributed by atoms with van der Waals surface area (Å²) in [6.07, 6.45) is 0. The summed E-state index contributed by atoms with van der Waals surface area (Å²) in [4.78, 5) is 21.4. The van der Waals surface area contributed by atoms with Crippen LogP contribution in [0.3, 0.4) is 0 Å². The van der Waals surface area contributed by atoms with E-state index in [9.17, 15) is 9.90 Å². The highest BCUT2D eigenvalue weighted by Gasteiger charge is 2.23. The lowest BCUT2D eigenvalue weighted by Crippen LogP contribution is -2.12. The molecule has 2 N–H and O–H groups in total. The predicted molar refractivity (Wildman–Crippen MR) is 94.8 cm³/mol. The van der Waals surface area contributed by atoms with E-state index in [1.54, 1.807) is 6.07 Å². The minimum Gasteiger partial charge on any atom is -0.480 e. The van der Waals surface area contributed by atoms with Crippen LogP contribution < -0.4 is 5.32 Å². The van der Waals surface area contributed by atoms with Gasteiger partial charge < -0.3 is 14.8 Å². The van der Waals surface area contributed by atoms with Crippen molar-refractivity contribution >= 4 is 33.9 Å². The zero-order chi connectivity index (χ0) is 17.6. The van der Waals surface area contributed by atoms with Crippen molar-refractivity contribution in [3.05, 3.63) is 59.2 Å². The standard InChI is InChI=1S/C19H15N3O3/c1-10-4-3-5-12(8-10)20-17(23)15-16-18(25-19(15)24)22-13-7-6-11(2)9-14(13)21-16/h3-9,24H,1-2H3,(H,20,23). The second kappa shape index (κ2) is 5.59. The number of furan rings is 1. The van der Waals surface area contributed by atoms with Crippen molar-refractivity contribution in [3.8, 4) is 5.95 Å². The van der Waals surface area contributed by atoms with Crippen LogP contribution >= 0.6 is 0 Å². The molecular weight excluding hydrogens is 318 g/mol. The van der Waals surface area contributed by atoms with Gasteiger partial charge in [0.1, 0.15) is 5.52 Å². The Kier molecular flexibility index (Phi) is 3.39. The van der Waals surface area contributed by atoms with E-state index in [4.69, 9.17) is 4.42 Å². The highest BCUT2D eigenvalue weighted by atomic mass is 16.5. The van der Waals surface area contributed by atoms with Crippen LogP contribution in [0.15, 0.2) is 46.9 Å². The number of carbonyl (C=O) groups is 1. The fraction of sp³-hybridized carbons (Fsp3) is 0.105. The smallest absolute Gasteiger partial charge is 0.299 e. The minimum absolute atomic E-state index is 0.0209. The van der Waals surface area contributed by atoms with Crippen LogP contribution in [0.5, 0.6) is 5.95 Å². The molecule has 4 rings (SSSR count). The molecule has 0 unspecified atom stereocenters. The number of aromatic hydroxyl groups is 1. The van der Waals surface area contributed by atoms with Gasteiger partial charge in [-0.1, -0.05) is 18.2 Å². The van der Waals surface area contributed by atoms with E-state index in [1.807, 2.05) is 50.2 Å². The molecule has 0 saturated heterocycles. The van der Waals surface area contributed by atoms with E-state index >= 15 is 0 Å². The van der Waals surface area contributed by atoms with E-state index in [-0.39, 0.29) is 16.8 Å². The SMILES string of the molecule is Cc1cccc(NC(=O)c2c(O)oc3nc4ccc(C)cc4nc23)c1. The summed E-state index contributed by atoms with van der Waals surface area (Å²) >= 11 is 0. The summed E-state index contributed by atoms with van der Waals surface area (Å²) in [5.74, 6) is -0.990. The Labute approximate surface area is 143 Å².